The molecule has 8 heteroatoms. The van der Waals surface area contributed by atoms with E-state index < -0.39 is 6.04 Å². The number of benzene rings is 1. The minimum Gasteiger partial charge on any atom is -0.344 e. The molecule has 0 radical (unpaired) electrons. The van der Waals surface area contributed by atoms with E-state index in [2.05, 4.69) is 5.32 Å². The summed E-state index contributed by atoms with van der Waals surface area (Å²) < 4.78 is 1.61. The molecule has 0 spiro atoms. The lowest BCUT2D eigenvalue weighted by Gasteiger charge is -2.35. The van der Waals surface area contributed by atoms with Gasteiger partial charge in [-0.05, 0) is 49.5 Å². The number of fused-ring (bicyclic) bond motifs is 1. The van der Waals surface area contributed by atoms with E-state index in [1.165, 1.54) is 6.42 Å². The minimum atomic E-state index is -0.468. The number of aromatic nitrogens is 2. The first-order valence-electron chi connectivity index (χ1n) is 14.0. The third-order valence-corrected chi connectivity index (χ3v) is 9.40. The average Bonchev–Trinajstić information content (AvgIpc) is 3.63. The number of hydrogen-bond donors (Lipinski definition) is 1. The van der Waals surface area contributed by atoms with Crippen LogP contribution in [0.1, 0.15) is 76.3 Å². The van der Waals surface area contributed by atoms with Crippen LogP contribution in [-0.2, 0) is 16.6 Å². The van der Waals surface area contributed by atoms with Crippen LogP contribution in [0.4, 0.5) is 0 Å². The normalized spacial score (nSPS) is 20.0. The first-order chi connectivity index (χ1) is 18.4. The van der Waals surface area contributed by atoms with E-state index >= 15 is 0 Å². The molecule has 1 aliphatic heterocycles. The van der Waals surface area contributed by atoms with Gasteiger partial charge < -0.3 is 14.8 Å². The zero-order chi connectivity index (χ0) is 26.8. The quantitative estimate of drug-likeness (QED) is 0.438. The monoisotopic (exact) mass is 534 g/mol. The summed E-state index contributed by atoms with van der Waals surface area (Å²) in [6.07, 6.45) is 9.78. The highest BCUT2D eigenvalue weighted by Gasteiger charge is 2.40. The van der Waals surface area contributed by atoms with E-state index in [0.717, 1.165) is 66.6 Å². The maximum absolute atomic E-state index is 14.1. The maximum atomic E-state index is 14.1. The molecule has 1 aromatic carbocycles. The third-order valence-electron chi connectivity index (χ3n) is 8.45. The van der Waals surface area contributed by atoms with Crippen LogP contribution in [0.5, 0.6) is 0 Å². The molecule has 38 heavy (non-hydrogen) atoms. The summed E-state index contributed by atoms with van der Waals surface area (Å²) in [5.74, 6) is 0.0985. The number of thiazole rings is 1. The molecule has 1 saturated heterocycles. The van der Waals surface area contributed by atoms with E-state index in [0.29, 0.717) is 11.9 Å². The summed E-state index contributed by atoms with van der Waals surface area (Å²) in [7, 11) is 1.77. The number of pyridine rings is 1. The summed E-state index contributed by atoms with van der Waals surface area (Å²) in [5.41, 5.74) is 1.72. The molecule has 1 saturated carbocycles. The van der Waals surface area contributed by atoms with Gasteiger partial charge in [-0.25, -0.2) is 4.98 Å². The molecule has 3 aromatic rings. The Labute approximate surface area is 228 Å². The lowest BCUT2D eigenvalue weighted by molar-refractivity contribution is -0.140. The molecule has 1 aliphatic carbocycles. The molecule has 0 unspecified atom stereocenters. The summed E-state index contributed by atoms with van der Waals surface area (Å²) >= 11 is 1.57. The minimum absolute atomic E-state index is 0.0229. The molecule has 7 nitrogen and oxygen atoms in total. The van der Waals surface area contributed by atoms with Crippen LogP contribution in [0.3, 0.4) is 0 Å². The first kappa shape index (κ1) is 26.6. The lowest BCUT2D eigenvalue weighted by atomic mass is 9.83. The van der Waals surface area contributed by atoms with Crippen LogP contribution in [0, 0.1) is 11.8 Å². The van der Waals surface area contributed by atoms with Crippen molar-refractivity contribution in [3.8, 4) is 11.3 Å². The summed E-state index contributed by atoms with van der Waals surface area (Å²) in [6, 6.07) is 7.08. The molecule has 2 aliphatic rings. The third kappa shape index (κ3) is 5.15. The van der Waals surface area contributed by atoms with Gasteiger partial charge >= 0.3 is 0 Å². The fraction of sp³-hybridized carbons (Fsp3) is 0.533. The highest BCUT2D eigenvalue weighted by molar-refractivity contribution is 7.10. The molecule has 2 fully saturated rings. The van der Waals surface area contributed by atoms with Gasteiger partial charge in [-0.15, -0.1) is 11.3 Å². The molecular formula is C30H38N4O3S. The van der Waals surface area contributed by atoms with Gasteiger partial charge in [0.1, 0.15) is 11.0 Å². The van der Waals surface area contributed by atoms with Gasteiger partial charge in [0.15, 0.2) is 0 Å². The Morgan fingerprint density at radius 2 is 1.84 bits per heavy atom. The maximum Gasteiger partial charge on any atom is 0.258 e. The summed E-state index contributed by atoms with van der Waals surface area (Å²) in [4.78, 5) is 46.6. The van der Waals surface area contributed by atoms with Gasteiger partial charge in [-0.1, -0.05) is 51.3 Å². The molecule has 0 bridgehead atoms. The van der Waals surface area contributed by atoms with E-state index in [9.17, 15) is 14.4 Å². The number of carbonyl (C=O) groups excluding carboxylic acids is 2. The number of carbonyl (C=O) groups is 2. The molecule has 202 valence electrons. The number of aryl methyl sites for hydroxylation is 1. The molecular weight excluding hydrogens is 496 g/mol. The van der Waals surface area contributed by atoms with E-state index in [-0.39, 0.29) is 35.3 Å². The van der Waals surface area contributed by atoms with Crippen molar-refractivity contribution in [2.75, 3.05) is 6.54 Å². The highest BCUT2D eigenvalue weighted by atomic mass is 32.1. The van der Waals surface area contributed by atoms with Crippen molar-refractivity contribution in [3.05, 3.63) is 51.2 Å². The highest BCUT2D eigenvalue weighted by Crippen LogP contribution is 2.38. The molecule has 2 aromatic heterocycles. The van der Waals surface area contributed by atoms with Gasteiger partial charge in [0.05, 0.1) is 11.7 Å². The molecule has 1 N–H and O–H groups in total. The standard InChI is InChI=1S/C30H38N4O3S/c1-4-19(2)27(35)32-26(20-11-6-5-7-12-20)30(37)34-16-10-15-25(34)28-31-24(18-38-28)23-17-33(3)29(36)22-14-9-8-13-21(22)23/h8-9,13-14,17-20,25-26H,4-7,10-12,15-16H2,1-3H3,(H,32,35)/t19-,25+,26+/m1/s1. The largest absolute Gasteiger partial charge is 0.344 e. The topological polar surface area (TPSA) is 84.3 Å². The van der Waals surface area contributed by atoms with Gasteiger partial charge in [0.2, 0.25) is 11.8 Å². The van der Waals surface area contributed by atoms with Crippen molar-refractivity contribution < 1.29 is 9.59 Å². The first-order valence-corrected chi connectivity index (χ1v) is 14.9. The van der Waals surface area contributed by atoms with Crippen molar-refractivity contribution in [1.29, 1.82) is 0 Å². The van der Waals surface area contributed by atoms with E-state index in [1.54, 1.807) is 23.0 Å². The predicted molar refractivity (Wildman–Crippen MR) is 152 cm³/mol. The predicted octanol–water partition coefficient (Wildman–Crippen LogP) is 5.44. The van der Waals surface area contributed by atoms with Crippen LogP contribution in [0.25, 0.3) is 22.0 Å². The number of rotatable bonds is 7. The van der Waals surface area contributed by atoms with Crippen LogP contribution < -0.4 is 10.9 Å². The number of amides is 2. The Morgan fingerprint density at radius 3 is 2.58 bits per heavy atom. The summed E-state index contributed by atoms with van der Waals surface area (Å²) in [5, 5.41) is 7.68. The second-order valence-electron chi connectivity index (χ2n) is 11.0. The van der Waals surface area contributed by atoms with Crippen LogP contribution in [0.15, 0.2) is 40.6 Å². The number of nitrogens with one attached hydrogen (secondary N) is 1. The number of likely N-dealkylation sites (tertiary alicyclic amines) is 1. The second-order valence-corrected chi connectivity index (χ2v) is 11.8. The fourth-order valence-corrected chi connectivity index (χ4v) is 6.95. The van der Waals surface area contributed by atoms with Gasteiger partial charge in [0.25, 0.3) is 5.56 Å². The van der Waals surface area contributed by atoms with E-state index in [1.807, 2.05) is 54.6 Å². The van der Waals surface area contributed by atoms with Crippen molar-refractivity contribution in [2.24, 2.45) is 18.9 Å². The Kier molecular flexibility index (Phi) is 7.98. The zero-order valence-electron chi connectivity index (χ0n) is 22.6. The smallest absolute Gasteiger partial charge is 0.258 e. The van der Waals surface area contributed by atoms with Gasteiger partial charge in [0, 0.05) is 42.0 Å². The van der Waals surface area contributed by atoms with Crippen molar-refractivity contribution in [3.63, 3.8) is 0 Å². The van der Waals surface area contributed by atoms with Crippen LogP contribution >= 0.6 is 11.3 Å². The van der Waals surface area contributed by atoms with Crippen LogP contribution in [-0.4, -0.2) is 38.9 Å². The number of nitrogens with zero attached hydrogens (tertiary/aromatic N) is 3. The van der Waals surface area contributed by atoms with E-state index in [4.69, 9.17) is 4.98 Å². The van der Waals surface area contributed by atoms with Crippen molar-refractivity contribution in [2.45, 2.75) is 77.3 Å². The zero-order valence-corrected chi connectivity index (χ0v) is 23.4. The molecule has 2 amide bonds. The molecule has 5 rings (SSSR count). The second kappa shape index (κ2) is 11.4. The fourth-order valence-electron chi connectivity index (χ4n) is 5.98. The van der Waals surface area contributed by atoms with Crippen molar-refractivity contribution >= 4 is 33.9 Å². The Hall–Kier alpha value is -3.00. The molecule has 3 atom stereocenters. The van der Waals surface area contributed by atoms with Gasteiger partial charge in [-0.2, -0.15) is 0 Å². The SMILES string of the molecule is CC[C@@H](C)C(=O)N[C@H](C(=O)N1CCC[C@H]1c1nc(-c2cn(C)c(=O)c3ccccc23)cs1)C1CCCCC1. The summed E-state index contributed by atoms with van der Waals surface area (Å²) in [6.45, 7) is 4.62. The van der Waals surface area contributed by atoms with Crippen LogP contribution in [0.2, 0.25) is 0 Å². The lowest BCUT2D eigenvalue weighted by Crippen LogP contribution is -2.53. The Balaban J connectivity index is 1.43. The Bertz CT molecular complexity index is 1370. The van der Waals surface area contributed by atoms with Gasteiger partial charge in [-0.3, -0.25) is 14.4 Å². The average molecular weight is 535 g/mol. The van der Waals surface area contributed by atoms with Crippen molar-refractivity contribution in [1.82, 2.24) is 19.8 Å². The molecule has 3 heterocycles. The Morgan fingerprint density at radius 1 is 1.11 bits per heavy atom. The number of hydrogen-bond acceptors (Lipinski definition) is 5.